The van der Waals surface area contributed by atoms with Crippen molar-refractivity contribution in [3.8, 4) is 5.69 Å². The highest BCUT2D eigenvalue weighted by Crippen LogP contribution is 2.17. The van der Waals surface area contributed by atoms with E-state index in [2.05, 4.69) is 16.3 Å². The Morgan fingerprint density at radius 2 is 1.80 bits per heavy atom. The van der Waals surface area contributed by atoms with E-state index in [1.807, 2.05) is 62.4 Å². The molecule has 0 atom stereocenters. The van der Waals surface area contributed by atoms with Gasteiger partial charge in [-0.2, -0.15) is 10.2 Å². The maximum Gasteiger partial charge on any atom is 0.293 e. The molecule has 0 saturated heterocycles. The third-order valence-electron chi connectivity index (χ3n) is 4.28. The van der Waals surface area contributed by atoms with Crippen molar-refractivity contribution < 1.29 is 0 Å². The zero-order chi connectivity index (χ0) is 17.4. The van der Waals surface area contributed by atoms with Gasteiger partial charge in [-0.15, -0.1) is 0 Å². The number of hydrogen-bond donors (Lipinski definition) is 0. The van der Waals surface area contributed by atoms with Gasteiger partial charge in [0.25, 0.3) is 5.56 Å². The van der Waals surface area contributed by atoms with E-state index in [9.17, 15) is 4.79 Å². The van der Waals surface area contributed by atoms with E-state index in [0.717, 1.165) is 27.9 Å². The van der Waals surface area contributed by atoms with Crippen molar-refractivity contribution in [2.45, 2.75) is 20.4 Å². The molecule has 0 aliphatic rings. The predicted octanol–water partition coefficient (Wildman–Crippen LogP) is 3.25. The average molecular weight is 330 g/mol. The standard InChI is InChI=1S/C20H18N4O/c1-14-7-6-8-16(11-14)13-23-20(25)19-18(15(2)22-23)12-21-24(19)17-9-4-3-5-10-17/h3-12H,13H2,1-2H3. The van der Waals surface area contributed by atoms with Crippen LogP contribution in [-0.2, 0) is 6.54 Å². The monoisotopic (exact) mass is 330 g/mol. The quantitative estimate of drug-likeness (QED) is 0.579. The molecule has 0 saturated carbocycles. The molecule has 124 valence electrons. The van der Waals surface area contributed by atoms with Crippen LogP contribution in [0, 0.1) is 13.8 Å². The van der Waals surface area contributed by atoms with Crippen LogP contribution < -0.4 is 5.56 Å². The highest BCUT2D eigenvalue weighted by Gasteiger charge is 2.15. The molecule has 2 heterocycles. The highest BCUT2D eigenvalue weighted by atomic mass is 16.1. The molecular formula is C20H18N4O. The summed E-state index contributed by atoms with van der Waals surface area (Å²) in [6.45, 7) is 4.39. The van der Waals surface area contributed by atoms with E-state index in [1.165, 1.54) is 4.68 Å². The zero-order valence-corrected chi connectivity index (χ0v) is 14.2. The van der Waals surface area contributed by atoms with Crippen LogP contribution in [-0.4, -0.2) is 19.6 Å². The SMILES string of the molecule is Cc1cccc(Cn2nc(C)c3cnn(-c4ccccc4)c3c2=O)c1. The minimum atomic E-state index is -0.136. The maximum absolute atomic E-state index is 13.1. The molecule has 2 aromatic carbocycles. The van der Waals surface area contributed by atoms with Crippen molar-refractivity contribution in [3.63, 3.8) is 0 Å². The zero-order valence-electron chi connectivity index (χ0n) is 14.2. The van der Waals surface area contributed by atoms with Gasteiger partial charge in [-0.1, -0.05) is 48.0 Å². The summed E-state index contributed by atoms with van der Waals surface area (Å²) in [5.74, 6) is 0. The summed E-state index contributed by atoms with van der Waals surface area (Å²) in [7, 11) is 0. The Labute approximate surface area is 145 Å². The Balaban J connectivity index is 1.90. The summed E-state index contributed by atoms with van der Waals surface area (Å²) in [5.41, 5.74) is 4.30. The van der Waals surface area contributed by atoms with Crippen molar-refractivity contribution in [2.24, 2.45) is 0 Å². The maximum atomic E-state index is 13.1. The largest absolute Gasteiger partial charge is 0.293 e. The number of para-hydroxylation sites is 1. The number of aromatic nitrogens is 4. The molecule has 0 amide bonds. The van der Waals surface area contributed by atoms with Crippen LogP contribution in [0.25, 0.3) is 16.6 Å². The van der Waals surface area contributed by atoms with Gasteiger partial charge in [-0.25, -0.2) is 9.36 Å². The summed E-state index contributed by atoms with van der Waals surface area (Å²) >= 11 is 0. The number of aryl methyl sites for hydroxylation is 2. The molecular weight excluding hydrogens is 312 g/mol. The van der Waals surface area contributed by atoms with Crippen molar-refractivity contribution in [1.29, 1.82) is 0 Å². The van der Waals surface area contributed by atoms with Gasteiger partial charge in [-0.3, -0.25) is 4.79 Å². The number of nitrogens with zero attached hydrogens (tertiary/aromatic N) is 4. The summed E-state index contributed by atoms with van der Waals surface area (Å²) in [6.07, 6.45) is 1.71. The van der Waals surface area contributed by atoms with Crippen molar-refractivity contribution in [2.75, 3.05) is 0 Å². The number of fused-ring (bicyclic) bond motifs is 1. The average Bonchev–Trinajstić information content (AvgIpc) is 3.06. The second kappa shape index (κ2) is 6.02. The Hall–Kier alpha value is -3.21. The van der Waals surface area contributed by atoms with Crippen molar-refractivity contribution in [3.05, 3.63) is 88.0 Å². The molecule has 0 bridgehead atoms. The molecule has 0 radical (unpaired) electrons. The van der Waals surface area contributed by atoms with Crippen LogP contribution in [0.2, 0.25) is 0 Å². The lowest BCUT2D eigenvalue weighted by Gasteiger charge is -2.09. The molecule has 0 aliphatic heterocycles. The first-order valence-corrected chi connectivity index (χ1v) is 8.20. The summed E-state index contributed by atoms with van der Waals surface area (Å²) in [5, 5.41) is 9.68. The minimum Gasteiger partial charge on any atom is -0.265 e. The van der Waals surface area contributed by atoms with E-state index in [1.54, 1.807) is 10.9 Å². The minimum absolute atomic E-state index is 0.136. The van der Waals surface area contributed by atoms with Gasteiger partial charge in [0.05, 0.1) is 24.1 Å². The Morgan fingerprint density at radius 1 is 1.00 bits per heavy atom. The fraction of sp³-hybridized carbons (Fsp3) is 0.150. The fourth-order valence-electron chi connectivity index (χ4n) is 3.08. The van der Waals surface area contributed by atoms with E-state index in [0.29, 0.717) is 12.1 Å². The second-order valence-corrected chi connectivity index (χ2v) is 6.19. The molecule has 5 nitrogen and oxygen atoms in total. The summed E-state index contributed by atoms with van der Waals surface area (Å²) < 4.78 is 3.21. The molecule has 4 aromatic rings. The van der Waals surface area contributed by atoms with E-state index >= 15 is 0 Å². The van der Waals surface area contributed by atoms with E-state index < -0.39 is 0 Å². The van der Waals surface area contributed by atoms with Gasteiger partial charge in [0, 0.05) is 5.39 Å². The van der Waals surface area contributed by atoms with Gasteiger partial charge >= 0.3 is 0 Å². The Kier molecular flexibility index (Phi) is 3.69. The summed E-state index contributed by atoms with van der Waals surface area (Å²) in [6, 6.07) is 17.8. The molecule has 0 N–H and O–H groups in total. The number of benzene rings is 2. The molecule has 0 spiro atoms. The van der Waals surface area contributed by atoms with Gasteiger partial charge in [0.2, 0.25) is 0 Å². The molecule has 25 heavy (non-hydrogen) atoms. The van der Waals surface area contributed by atoms with Crippen molar-refractivity contribution >= 4 is 10.9 Å². The first kappa shape index (κ1) is 15.3. The first-order chi connectivity index (χ1) is 12.1. The highest BCUT2D eigenvalue weighted by molar-refractivity contribution is 5.81. The summed E-state index contributed by atoms with van der Waals surface area (Å²) in [4.78, 5) is 13.1. The van der Waals surface area contributed by atoms with Crippen LogP contribution in [0.4, 0.5) is 0 Å². The first-order valence-electron chi connectivity index (χ1n) is 8.20. The van der Waals surface area contributed by atoms with E-state index in [4.69, 9.17) is 0 Å². The van der Waals surface area contributed by atoms with Crippen molar-refractivity contribution in [1.82, 2.24) is 19.6 Å². The van der Waals surface area contributed by atoms with E-state index in [-0.39, 0.29) is 5.56 Å². The molecule has 4 rings (SSSR count). The van der Waals surface area contributed by atoms with Gasteiger partial charge in [-0.05, 0) is 31.5 Å². The topological polar surface area (TPSA) is 52.7 Å². The lowest BCUT2D eigenvalue weighted by molar-refractivity contribution is 0.634. The number of hydrogen-bond acceptors (Lipinski definition) is 3. The van der Waals surface area contributed by atoms with Crippen LogP contribution in [0.5, 0.6) is 0 Å². The van der Waals surface area contributed by atoms with Crippen LogP contribution in [0.1, 0.15) is 16.8 Å². The predicted molar refractivity (Wildman–Crippen MR) is 98.1 cm³/mol. The second-order valence-electron chi connectivity index (χ2n) is 6.19. The fourth-order valence-corrected chi connectivity index (χ4v) is 3.08. The molecule has 0 aliphatic carbocycles. The van der Waals surface area contributed by atoms with Crippen LogP contribution in [0.15, 0.2) is 65.6 Å². The van der Waals surface area contributed by atoms with Gasteiger partial charge in [0.15, 0.2) is 0 Å². The molecule has 5 heteroatoms. The normalized spacial score (nSPS) is 11.1. The lowest BCUT2D eigenvalue weighted by atomic mass is 10.1. The van der Waals surface area contributed by atoms with Crippen LogP contribution >= 0.6 is 0 Å². The third-order valence-corrected chi connectivity index (χ3v) is 4.28. The Morgan fingerprint density at radius 3 is 2.56 bits per heavy atom. The van der Waals surface area contributed by atoms with Crippen LogP contribution in [0.3, 0.4) is 0 Å². The molecule has 0 fully saturated rings. The molecule has 0 unspecified atom stereocenters. The third kappa shape index (κ3) is 2.74. The Bertz CT molecular complexity index is 1110. The molecule has 2 aromatic heterocycles. The number of rotatable bonds is 3. The van der Waals surface area contributed by atoms with Gasteiger partial charge in [0.1, 0.15) is 5.52 Å². The lowest BCUT2D eigenvalue weighted by Crippen LogP contribution is -2.26. The van der Waals surface area contributed by atoms with Gasteiger partial charge < -0.3 is 0 Å². The smallest absolute Gasteiger partial charge is 0.265 e.